The van der Waals surface area contributed by atoms with Crippen LogP contribution in [-0.4, -0.2) is 26.2 Å². The second kappa shape index (κ2) is 35.8. The number of hydrogen-bond acceptors (Lipinski definition) is 4. The van der Waals surface area contributed by atoms with Gasteiger partial charge in [0.1, 0.15) is 21.9 Å². The molecule has 1 heterocycles. The van der Waals surface area contributed by atoms with Crippen LogP contribution in [0.25, 0.3) is 0 Å². The van der Waals surface area contributed by atoms with Crippen molar-refractivity contribution in [3.05, 3.63) is 158 Å². The van der Waals surface area contributed by atoms with Crippen LogP contribution in [0.1, 0.15) is 136 Å². The molecule has 0 bridgehead atoms. The van der Waals surface area contributed by atoms with E-state index in [4.69, 9.17) is 9.47 Å². The van der Waals surface area contributed by atoms with Crippen molar-refractivity contribution in [2.24, 2.45) is 0 Å². The van der Waals surface area contributed by atoms with Crippen LogP contribution in [0.4, 0.5) is 0 Å². The first-order valence-corrected chi connectivity index (χ1v) is 23.2. The molecule has 0 amide bonds. The number of unbranched alkanes of at least 4 members (excludes halogenated alkanes) is 16. The molecule has 0 aliphatic carbocycles. The number of hydrogen-bond donors (Lipinski definition) is 0. The number of ether oxygens (including phenoxy) is 2. The van der Waals surface area contributed by atoms with E-state index in [2.05, 4.69) is 50.3 Å². The molecule has 0 spiro atoms. The highest BCUT2D eigenvalue weighted by Gasteiger charge is 2.33. The second-order valence-electron chi connectivity index (χ2n) is 14.1. The van der Waals surface area contributed by atoms with Crippen molar-refractivity contribution in [1.29, 1.82) is 0 Å². The molecule has 1 aliphatic heterocycles. The summed E-state index contributed by atoms with van der Waals surface area (Å²) in [4.78, 5) is 0. The zero-order valence-electron chi connectivity index (χ0n) is 34.6. The summed E-state index contributed by atoms with van der Waals surface area (Å²) in [6.07, 6.45) is 74.7. The molecule has 0 atom stereocenters. The summed E-state index contributed by atoms with van der Waals surface area (Å²) in [6.45, 7) is 4.53. The molecular weight excluding hydrogens is 697 g/mol. The highest BCUT2D eigenvalue weighted by Crippen LogP contribution is 2.30. The normalized spacial score (nSPS) is 17.5. The van der Waals surface area contributed by atoms with E-state index in [1.807, 2.05) is 97.2 Å². The average Bonchev–Trinajstić information content (AvgIpc) is 3.58. The zero-order valence-corrected chi connectivity index (χ0v) is 35.4. The Morgan fingerprint density at radius 3 is 1.16 bits per heavy atom. The fourth-order valence-electron chi connectivity index (χ4n) is 5.56. The monoisotopic (exact) mass is 771 g/mol. The zero-order chi connectivity index (χ0) is 39.8. The molecule has 0 radical (unpaired) electrons. The number of allylic oxidation sites excluding steroid dienone is 23. The third-order valence-electron chi connectivity index (χ3n) is 8.76. The highest BCUT2D eigenvalue weighted by molar-refractivity contribution is 7.90. The van der Waals surface area contributed by atoms with E-state index in [0.717, 1.165) is 12.8 Å². The molecule has 0 saturated carbocycles. The van der Waals surface area contributed by atoms with Gasteiger partial charge in [0.25, 0.3) is 5.79 Å². The van der Waals surface area contributed by atoms with Gasteiger partial charge in [0.15, 0.2) is 0 Å². The molecule has 1 rings (SSSR count). The van der Waals surface area contributed by atoms with Crippen LogP contribution in [0.15, 0.2) is 158 Å². The van der Waals surface area contributed by atoms with Crippen LogP contribution in [-0.2, 0) is 19.3 Å². The van der Waals surface area contributed by atoms with Gasteiger partial charge in [0.05, 0.1) is 5.75 Å². The second-order valence-corrected chi connectivity index (χ2v) is 16.3. The predicted molar refractivity (Wildman–Crippen MR) is 241 cm³/mol. The van der Waals surface area contributed by atoms with Crippen LogP contribution in [0.2, 0.25) is 0 Å². The molecule has 304 valence electrons. The molecule has 0 aromatic heterocycles. The molecular formula is C50H74O4S. The van der Waals surface area contributed by atoms with Gasteiger partial charge in [-0.05, 0) is 25.7 Å². The summed E-state index contributed by atoms with van der Waals surface area (Å²) in [6, 6.07) is 0. The van der Waals surface area contributed by atoms with E-state index < -0.39 is 15.6 Å². The summed E-state index contributed by atoms with van der Waals surface area (Å²) < 4.78 is 35.3. The molecule has 0 unspecified atom stereocenters. The Morgan fingerprint density at radius 2 is 0.800 bits per heavy atom. The van der Waals surface area contributed by atoms with Gasteiger partial charge in [0.2, 0.25) is 0 Å². The molecule has 1 aliphatic rings. The lowest BCUT2D eigenvalue weighted by molar-refractivity contribution is -0.0653. The van der Waals surface area contributed by atoms with Crippen molar-refractivity contribution in [2.45, 2.75) is 142 Å². The Bertz CT molecular complexity index is 1370. The lowest BCUT2D eigenvalue weighted by Crippen LogP contribution is -2.25. The summed E-state index contributed by atoms with van der Waals surface area (Å²) in [5.74, 6) is -0.652. The Morgan fingerprint density at radius 1 is 0.473 bits per heavy atom. The average molecular weight is 771 g/mol. The van der Waals surface area contributed by atoms with Gasteiger partial charge in [-0.1, -0.05) is 237 Å². The first-order valence-electron chi connectivity index (χ1n) is 21.2. The molecule has 5 heteroatoms. The predicted octanol–water partition coefficient (Wildman–Crippen LogP) is 14.7. The van der Waals surface area contributed by atoms with E-state index in [1.54, 1.807) is 12.2 Å². The quantitative estimate of drug-likeness (QED) is 0.0493. The molecule has 0 saturated heterocycles. The Hall–Kier alpha value is -3.83. The third kappa shape index (κ3) is 33.3. The van der Waals surface area contributed by atoms with Crippen molar-refractivity contribution < 1.29 is 17.9 Å². The first-order chi connectivity index (χ1) is 26.9. The third-order valence-corrected chi connectivity index (χ3v) is 9.71. The van der Waals surface area contributed by atoms with Crippen LogP contribution in [0, 0.1) is 0 Å². The van der Waals surface area contributed by atoms with Gasteiger partial charge in [-0.25, -0.2) is 8.42 Å². The maximum Gasteiger partial charge on any atom is 0.290 e. The molecule has 0 aromatic carbocycles. The Balaban J connectivity index is 2.48. The van der Waals surface area contributed by atoms with Crippen molar-refractivity contribution in [1.82, 2.24) is 0 Å². The van der Waals surface area contributed by atoms with Crippen molar-refractivity contribution in [2.75, 3.05) is 12.0 Å². The SMILES string of the molecule is CCCCCCCCCCC=CC=CC=CC=CC=CC=CC1(C=CC=CC=CC=CC=CC=CCCCCCCCCCC)OC=C(CCS(C)(=O)=O)O1. The minimum atomic E-state index is -3.12. The van der Waals surface area contributed by atoms with Crippen LogP contribution in [0.3, 0.4) is 0 Å². The first kappa shape index (κ1) is 49.2. The van der Waals surface area contributed by atoms with Crippen LogP contribution >= 0.6 is 0 Å². The van der Waals surface area contributed by atoms with Gasteiger partial charge in [-0.2, -0.15) is 0 Å². The lowest BCUT2D eigenvalue weighted by atomic mass is 10.1. The van der Waals surface area contributed by atoms with Gasteiger partial charge < -0.3 is 9.47 Å². The van der Waals surface area contributed by atoms with Gasteiger partial charge >= 0.3 is 0 Å². The smallest absolute Gasteiger partial charge is 0.290 e. The minimum absolute atomic E-state index is 0.00228. The summed E-state index contributed by atoms with van der Waals surface area (Å²) in [5.41, 5.74) is 0. The van der Waals surface area contributed by atoms with E-state index in [-0.39, 0.29) is 12.2 Å². The number of rotatable bonds is 33. The summed E-state index contributed by atoms with van der Waals surface area (Å²) in [7, 11) is -3.12. The van der Waals surface area contributed by atoms with Crippen LogP contribution in [0.5, 0.6) is 0 Å². The standard InChI is InChI=1S/C50H74O4S/c1-4-6-8-10-12-14-16-18-20-22-24-26-28-30-32-34-36-38-40-42-45-50(53-48-49(54-50)44-47-55(3,51)52)46-43-41-39-37-35-33-31-29-27-25-23-21-19-17-15-13-11-9-7-5-2/h22-43,45-46,48H,4-21,44,47H2,1-3H3. The highest BCUT2D eigenvalue weighted by atomic mass is 32.2. The Kier molecular flexibility index (Phi) is 32.1. The summed E-state index contributed by atoms with van der Waals surface area (Å²) in [5, 5.41) is 0. The lowest BCUT2D eigenvalue weighted by Gasteiger charge is -2.21. The molecule has 0 aromatic rings. The van der Waals surface area contributed by atoms with Crippen molar-refractivity contribution >= 4 is 9.84 Å². The van der Waals surface area contributed by atoms with Gasteiger partial charge in [0, 0.05) is 24.8 Å². The van der Waals surface area contributed by atoms with Crippen LogP contribution < -0.4 is 0 Å². The largest absolute Gasteiger partial charge is 0.450 e. The minimum Gasteiger partial charge on any atom is -0.450 e. The van der Waals surface area contributed by atoms with Crippen molar-refractivity contribution in [3.8, 4) is 0 Å². The Labute approximate surface area is 338 Å². The topological polar surface area (TPSA) is 52.6 Å². The summed E-state index contributed by atoms with van der Waals surface area (Å²) >= 11 is 0. The van der Waals surface area contributed by atoms with E-state index in [0.29, 0.717) is 5.76 Å². The fraction of sp³-hybridized carbons (Fsp3) is 0.480. The van der Waals surface area contributed by atoms with Gasteiger partial charge in [-0.15, -0.1) is 0 Å². The van der Waals surface area contributed by atoms with E-state index in [9.17, 15) is 8.42 Å². The number of sulfone groups is 1. The molecule has 0 fully saturated rings. The maximum atomic E-state index is 11.7. The molecule has 55 heavy (non-hydrogen) atoms. The maximum absolute atomic E-state index is 11.7. The van der Waals surface area contributed by atoms with Crippen molar-refractivity contribution in [3.63, 3.8) is 0 Å². The van der Waals surface area contributed by atoms with Gasteiger partial charge in [-0.3, -0.25) is 0 Å². The van der Waals surface area contributed by atoms with E-state index >= 15 is 0 Å². The molecule has 4 nitrogen and oxygen atoms in total. The fourth-order valence-corrected chi connectivity index (χ4v) is 6.13. The molecule has 0 N–H and O–H groups in total. The van der Waals surface area contributed by atoms with E-state index in [1.165, 1.54) is 115 Å².